The molecule has 0 aliphatic carbocycles. The van der Waals surface area contributed by atoms with Crippen molar-refractivity contribution in [2.24, 2.45) is 0 Å². The molecule has 0 unspecified atom stereocenters. The van der Waals surface area contributed by atoms with Gasteiger partial charge in [-0.25, -0.2) is 4.79 Å². The Hall–Kier alpha value is -1.34. The van der Waals surface area contributed by atoms with E-state index in [1.165, 1.54) is 0 Å². The molecule has 3 nitrogen and oxygen atoms in total. The molecular weight excluding hydrogens is 270 g/mol. The van der Waals surface area contributed by atoms with Crippen LogP contribution in [-0.4, -0.2) is 12.6 Å². The molecule has 0 aliphatic rings. The van der Waals surface area contributed by atoms with Crippen molar-refractivity contribution in [2.75, 3.05) is 6.61 Å². The minimum absolute atomic E-state index is 0.333. The van der Waals surface area contributed by atoms with E-state index in [1.54, 1.807) is 19.1 Å². The molecule has 0 saturated carbocycles. The fourth-order valence-corrected chi connectivity index (χ4v) is 1.87. The Kier molecular flexibility index (Phi) is 4.51. The molecule has 0 heterocycles. The first-order valence-corrected chi connectivity index (χ1v) is 5.82. The summed E-state index contributed by atoms with van der Waals surface area (Å²) < 4.78 is 5.65. The third-order valence-corrected chi connectivity index (χ3v) is 2.85. The summed E-state index contributed by atoms with van der Waals surface area (Å²) in [5.41, 5.74) is 1.80. The van der Waals surface area contributed by atoms with Crippen LogP contribution < -0.4 is 0 Å². The summed E-state index contributed by atoms with van der Waals surface area (Å²) in [5.74, 6) is -0.372. The van der Waals surface area contributed by atoms with Gasteiger partial charge in [0.05, 0.1) is 17.7 Å². The first kappa shape index (κ1) is 12.7. The van der Waals surface area contributed by atoms with Gasteiger partial charge in [0, 0.05) is 4.47 Å². The summed E-state index contributed by atoms with van der Waals surface area (Å²) in [6.07, 6.45) is 0.721. The van der Waals surface area contributed by atoms with Gasteiger partial charge in [0.15, 0.2) is 0 Å². The maximum absolute atomic E-state index is 11.7. The molecule has 0 aromatic heterocycles. The summed E-state index contributed by atoms with van der Waals surface area (Å²) in [5, 5.41) is 8.89. The molecule has 0 atom stereocenters. The number of hydrogen-bond donors (Lipinski definition) is 0. The number of rotatable bonds is 3. The van der Waals surface area contributed by atoms with E-state index in [-0.39, 0.29) is 5.97 Å². The van der Waals surface area contributed by atoms with Crippen molar-refractivity contribution in [3.8, 4) is 6.07 Å². The van der Waals surface area contributed by atoms with Gasteiger partial charge in [0.2, 0.25) is 0 Å². The molecular formula is C12H12BrNO2. The maximum Gasteiger partial charge on any atom is 0.338 e. The Morgan fingerprint density at radius 1 is 1.50 bits per heavy atom. The second-order valence-corrected chi connectivity index (χ2v) is 4.03. The number of benzene rings is 1. The normalized spacial score (nSPS) is 9.62. The van der Waals surface area contributed by atoms with E-state index in [1.807, 2.05) is 13.0 Å². The Balaban J connectivity index is 3.26. The highest BCUT2D eigenvalue weighted by atomic mass is 79.9. The molecule has 84 valence electrons. The number of halogens is 1. The zero-order chi connectivity index (χ0) is 12.1. The van der Waals surface area contributed by atoms with E-state index < -0.39 is 0 Å². The van der Waals surface area contributed by atoms with Crippen LogP contribution in [0.3, 0.4) is 0 Å². The highest BCUT2D eigenvalue weighted by Gasteiger charge is 2.14. The highest BCUT2D eigenvalue weighted by molar-refractivity contribution is 9.10. The number of carbonyl (C=O) groups excluding carboxylic acids is 1. The first-order chi connectivity index (χ1) is 7.63. The van der Waals surface area contributed by atoms with Crippen molar-refractivity contribution in [1.29, 1.82) is 5.26 Å². The monoisotopic (exact) mass is 281 g/mol. The summed E-state index contributed by atoms with van der Waals surface area (Å²) in [6, 6.07) is 5.40. The summed E-state index contributed by atoms with van der Waals surface area (Å²) >= 11 is 3.30. The lowest BCUT2D eigenvalue weighted by Gasteiger charge is -2.08. The van der Waals surface area contributed by atoms with Crippen LogP contribution in [-0.2, 0) is 11.2 Å². The van der Waals surface area contributed by atoms with Crippen molar-refractivity contribution in [2.45, 2.75) is 20.3 Å². The van der Waals surface area contributed by atoms with Gasteiger partial charge in [0.1, 0.15) is 6.07 Å². The predicted octanol–water partition coefficient (Wildman–Crippen LogP) is 3.06. The van der Waals surface area contributed by atoms with Gasteiger partial charge in [-0.3, -0.25) is 0 Å². The molecule has 0 aliphatic heterocycles. The molecule has 0 amide bonds. The van der Waals surface area contributed by atoms with Crippen LogP contribution in [0.1, 0.15) is 35.3 Å². The average Bonchev–Trinajstić information content (AvgIpc) is 2.28. The molecule has 16 heavy (non-hydrogen) atoms. The molecule has 0 saturated heterocycles. The van der Waals surface area contributed by atoms with Crippen LogP contribution in [0.15, 0.2) is 16.6 Å². The molecule has 0 fully saturated rings. The zero-order valence-electron chi connectivity index (χ0n) is 9.21. The number of nitriles is 1. The number of carbonyl (C=O) groups is 1. The van der Waals surface area contributed by atoms with Crippen LogP contribution >= 0.6 is 15.9 Å². The van der Waals surface area contributed by atoms with Gasteiger partial charge in [-0.2, -0.15) is 5.26 Å². The third kappa shape index (κ3) is 2.61. The van der Waals surface area contributed by atoms with E-state index in [4.69, 9.17) is 10.00 Å². The van der Waals surface area contributed by atoms with Crippen molar-refractivity contribution >= 4 is 21.9 Å². The fraction of sp³-hybridized carbons (Fsp3) is 0.333. The molecule has 1 aromatic carbocycles. The molecule has 0 N–H and O–H groups in total. The van der Waals surface area contributed by atoms with Gasteiger partial charge >= 0.3 is 5.97 Å². The number of esters is 1. The Morgan fingerprint density at radius 3 is 2.69 bits per heavy atom. The molecule has 0 bridgehead atoms. The Bertz CT molecular complexity index is 449. The van der Waals surface area contributed by atoms with Crippen LogP contribution in [0.4, 0.5) is 0 Å². The van der Waals surface area contributed by atoms with Gasteiger partial charge in [-0.05, 0) is 47.0 Å². The third-order valence-electron chi connectivity index (χ3n) is 2.19. The van der Waals surface area contributed by atoms with Gasteiger partial charge < -0.3 is 4.74 Å². The molecule has 4 heteroatoms. The largest absolute Gasteiger partial charge is 0.462 e. The van der Waals surface area contributed by atoms with E-state index >= 15 is 0 Å². The topological polar surface area (TPSA) is 50.1 Å². The second kappa shape index (κ2) is 5.66. The molecule has 0 radical (unpaired) electrons. The minimum atomic E-state index is -0.372. The first-order valence-electron chi connectivity index (χ1n) is 5.03. The Morgan fingerprint density at radius 2 is 2.19 bits per heavy atom. The number of aryl methyl sites for hydroxylation is 1. The van der Waals surface area contributed by atoms with Crippen molar-refractivity contribution in [3.05, 3.63) is 33.3 Å². The van der Waals surface area contributed by atoms with Crippen LogP contribution in [0.5, 0.6) is 0 Å². The van der Waals surface area contributed by atoms with Gasteiger partial charge in [-0.15, -0.1) is 0 Å². The molecule has 1 aromatic rings. The average molecular weight is 282 g/mol. The van der Waals surface area contributed by atoms with Crippen LogP contribution in [0.2, 0.25) is 0 Å². The number of ether oxygens (including phenoxy) is 1. The van der Waals surface area contributed by atoms with Gasteiger partial charge in [-0.1, -0.05) is 6.92 Å². The maximum atomic E-state index is 11.7. The predicted molar refractivity (Wildman–Crippen MR) is 64.2 cm³/mol. The standard InChI is InChI=1S/C12H12BrNO2/c1-3-8-6-11(13)9(7-14)5-10(8)12(15)16-4-2/h5-6H,3-4H2,1-2H3. The lowest BCUT2D eigenvalue weighted by atomic mass is 10.0. The van der Waals surface area contributed by atoms with Crippen LogP contribution in [0, 0.1) is 11.3 Å². The highest BCUT2D eigenvalue weighted by Crippen LogP contribution is 2.22. The molecule has 1 rings (SSSR count). The zero-order valence-corrected chi connectivity index (χ0v) is 10.8. The van der Waals surface area contributed by atoms with Crippen LogP contribution in [0.25, 0.3) is 0 Å². The van der Waals surface area contributed by atoms with Crippen molar-refractivity contribution < 1.29 is 9.53 Å². The fourth-order valence-electron chi connectivity index (χ4n) is 1.39. The van der Waals surface area contributed by atoms with E-state index in [0.29, 0.717) is 22.2 Å². The van der Waals surface area contributed by atoms with E-state index in [0.717, 1.165) is 12.0 Å². The van der Waals surface area contributed by atoms with E-state index in [9.17, 15) is 4.79 Å². The lowest BCUT2D eigenvalue weighted by Crippen LogP contribution is -2.08. The number of nitrogens with zero attached hydrogens (tertiary/aromatic N) is 1. The summed E-state index contributed by atoms with van der Waals surface area (Å²) in [4.78, 5) is 11.7. The number of hydrogen-bond acceptors (Lipinski definition) is 3. The molecule has 0 spiro atoms. The smallest absolute Gasteiger partial charge is 0.338 e. The Labute approximate surface area is 103 Å². The quantitative estimate of drug-likeness (QED) is 0.800. The summed E-state index contributed by atoms with van der Waals surface area (Å²) in [6.45, 7) is 4.05. The van der Waals surface area contributed by atoms with Crippen molar-refractivity contribution in [1.82, 2.24) is 0 Å². The minimum Gasteiger partial charge on any atom is -0.462 e. The summed E-state index contributed by atoms with van der Waals surface area (Å²) in [7, 11) is 0. The second-order valence-electron chi connectivity index (χ2n) is 3.18. The lowest BCUT2D eigenvalue weighted by molar-refractivity contribution is 0.0525. The van der Waals surface area contributed by atoms with Gasteiger partial charge in [0.25, 0.3) is 0 Å². The van der Waals surface area contributed by atoms with Crippen molar-refractivity contribution in [3.63, 3.8) is 0 Å². The van der Waals surface area contributed by atoms with E-state index in [2.05, 4.69) is 15.9 Å². The SMILES string of the molecule is CCOC(=O)c1cc(C#N)c(Br)cc1CC.